The standard InChI is InChI=1S/C24H19N3O3/c28-23(24(7-8-24)17-1-4-21-22(13-17)30-14-29-21)26-18-2-3-19-16(11-18)12-20(27-19)15-5-9-25-10-6-15/h1-6,9-13,27H,7-8,14H2,(H,26,28). The maximum atomic E-state index is 13.2. The largest absolute Gasteiger partial charge is 0.454 e. The van der Waals surface area contributed by atoms with Gasteiger partial charge in [0.1, 0.15) is 0 Å². The Hall–Kier alpha value is -3.80. The molecule has 2 aromatic heterocycles. The fraction of sp³-hybridized carbons (Fsp3) is 0.167. The first-order chi connectivity index (χ1) is 14.7. The van der Waals surface area contributed by atoms with Gasteiger partial charge in [0.05, 0.1) is 5.41 Å². The summed E-state index contributed by atoms with van der Waals surface area (Å²) in [5, 5.41) is 4.17. The summed E-state index contributed by atoms with van der Waals surface area (Å²) in [6.45, 7) is 0.232. The minimum atomic E-state index is -0.490. The zero-order valence-electron chi connectivity index (χ0n) is 16.1. The van der Waals surface area contributed by atoms with Crippen LogP contribution in [0.2, 0.25) is 0 Å². The van der Waals surface area contributed by atoms with Gasteiger partial charge in [-0.1, -0.05) is 6.07 Å². The van der Waals surface area contributed by atoms with Gasteiger partial charge in [-0.2, -0.15) is 0 Å². The number of fused-ring (bicyclic) bond motifs is 2. The summed E-state index contributed by atoms with van der Waals surface area (Å²) in [6, 6.07) is 17.7. The Balaban J connectivity index is 1.27. The van der Waals surface area contributed by atoms with Crippen LogP contribution in [0.1, 0.15) is 18.4 Å². The molecule has 0 atom stereocenters. The van der Waals surface area contributed by atoms with Crippen molar-refractivity contribution in [3.05, 3.63) is 72.6 Å². The van der Waals surface area contributed by atoms with Crippen LogP contribution in [0.15, 0.2) is 67.0 Å². The second kappa shape index (κ2) is 6.35. The number of benzene rings is 2. The van der Waals surface area contributed by atoms with Crippen molar-refractivity contribution < 1.29 is 14.3 Å². The van der Waals surface area contributed by atoms with E-state index >= 15 is 0 Å². The van der Waals surface area contributed by atoms with E-state index in [-0.39, 0.29) is 12.7 Å². The molecule has 0 saturated heterocycles. The summed E-state index contributed by atoms with van der Waals surface area (Å²) >= 11 is 0. The highest BCUT2D eigenvalue weighted by Gasteiger charge is 2.51. The molecule has 30 heavy (non-hydrogen) atoms. The summed E-state index contributed by atoms with van der Waals surface area (Å²) in [7, 11) is 0. The predicted octanol–water partition coefficient (Wildman–Crippen LogP) is 4.63. The van der Waals surface area contributed by atoms with Gasteiger partial charge in [0, 0.05) is 40.2 Å². The summed E-state index contributed by atoms with van der Waals surface area (Å²) in [5.41, 5.74) is 4.40. The fourth-order valence-corrected chi connectivity index (χ4v) is 4.11. The summed E-state index contributed by atoms with van der Waals surface area (Å²) in [5.74, 6) is 1.47. The molecule has 0 bridgehead atoms. The molecule has 0 radical (unpaired) electrons. The number of nitrogens with one attached hydrogen (secondary N) is 2. The van der Waals surface area contributed by atoms with Crippen molar-refractivity contribution in [1.29, 1.82) is 0 Å². The van der Waals surface area contributed by atoms with Gasteiger partial charge in [-0.15, -0.1) is 0 Å². The highest BCUT2D eigenvalue weighted by molar-refractivity contribution is 6.03. The third kappa shape index (κ3) is 2.72. The van der Waals surface area contributed by atoms with E-state index in [1.165, 1.54) is 0 Å². The highest BCUT2D eigenvalue weighted by atomic mass is 16.7. The van der Waals surface area contributed by atoms with Gasteiger partial charge in [0.25, 0.3) is 0 Å². The second-order valence-corrected chi connectivity index (χ2v) is 7.83. The van der Waals surface area contributed by atoms with E-state index in [0.717, 1.165) is 52.0 Å². The molecule has 0 unspecified atom stereocenters. The summed E-state index contributed by atoms with van der Waals surface area (Å²) in [4.78, 5) is 20.6. The Bertz CT molecular complexity index is 1280. The number of hydrogen-bond donors (Lipinski definition) is 2. The summed E-state index contributed by atoms with van der Waals surface area (Å²) in [6.07, 6.45) is 5.21. The van der Waals surface area contributed by atoms with Crippen molar-refractivity contribution in [3.8, 4) is 22.8 Å². The average Bonchev–Trinajstić information content (AvgIpc) is 3.27. The Morgan fingerprint density at radius 1 is 0.967 bits per heavy atom. The highest BCUT2D eigenvalue weighted by Crippen LogP contribution is 2.51. The monoisotopic (exact) mass is 397 g/mol. The van der Waals surface area contributed by atoms with E-state index in [0.29, 0.717) is 5.75 Å². The molecule has 6 nitrogen and oxygen atoms in total. The molecule has 4 aromatic rings. The number of nitrogens with zero attached hydrogens (tertiary/aromatic N) is 1. The zero-order valence-corrected chi connectivity index (χ0v) is 16.1. The SMILES string of the molecule is O=C(Nc1ccc2[nH]c(-c3ccncc3)cc2c1)C1(c2ccc3c(c2)OCO3)CC1. The Morgan fingerprint density at radius 3 is 2.63 bits per heavy atom. The topological polar surface area (TPSA) is 76.2 Å². The molecule has 3 heterocycles. The van der Waals surface area contributed by atoms with Gasteiger partial charge in [0.15, 0.2) is 11.5 Å². The molecule has 1 saturated carbocycles. The normalized spacial score (nSPS) is 15.9. The van der Waals surface area contributed by atoms with Crippen LogP contribution in [0.25, 0.3) is 22.2 Å². The van der Waals surface area contributed by atoms with E-state index in [9.17, 15) is 4.79 Å². The van der Waals surface area contributed by atoms with Gasteiger partial charge in [-0.05, 0) is 66.9 Å². The third-order valence-corrected chi connectivity index (χ3v) is 5.98. The number of ether oxygens (including phenoxy) is 2. The fourth-order valence-electron chi connectivity index (χ4n) is 4.11. The van der Waals surface area contributed by atoms with Crippen LogP contribution in [0.5, 0.6) is 11.5 Å². The number of H-pyrrole nitrogens is 1. The van der Waals surface area contributed by atoms with Gasteiger partial charge in [-0.25, -0.2) is 0 Å². The lowest BCUT2D eigenvalue weighted by atomic mass is 9.94. The van der Waals surface area contributed by atoms with Crippen molar-refractivity contribution in [3.63, 3.8) is 0 Å². The molecule has 2 aromatic carbocycles. The molecule has 6 rings (SSSR count). The lowest BCUT2D eigenvalue weighted by molar-refractivity contribution is -0.118. The van der Waals surface area contributed by atoms with Gasteiger partial charge >= 0.3 is 0 Å². The number of anilines is 1. The Kier molecular flexibility index (Phi) is 3.62. The van der Waals surface area contributed by atoms with Crippen molar-refractivity contribution >= 4 is 22.5 Å². The minimum absolute atomic E-state index is 0.0191. The molecule has 2 aliphatic rings. The molecule has 1 fully saturated rings. The molecule has 148 valence electrons. The molecule has 0 spiro atoms. The number of pyridine rings is 1. The minimum Gasteiger partial charge on any atom is -0.454 e. The Labute approximate surface area is 172 Å². The molecule has 2 N–H and O–H groups in total. The number of rotatable bonds is 4. The van der Waals surface area contributed by atoms with Crippen LogP contribution in [-0.2, 0) is 10.2 Å². The first-order valence-corrected chi connectivity index (χ1v) is 9.96. The van der Waals surface area contributed by atoms with Crippen molar-refractivity contribution in [1.82, 2.24) is 9.97 Å². The third-order valence-electron chi connectivity index (χ3n) is 5.98. The Morgan fingerprint density at radius 2 is 1.80 bits per heavy atom. The maximum Gasteiger partial charge on any atom is 0.235 e. The number of carbonyl (C=O) groups is 1. The first kappa shape index (κ1) is 17.1. The number of amides is 1. The quantitative estimate of drug-likeness (QED) is 0.526. The number of aromatic amines is 1. The van der Waals surface area contributed by atoms with Gasteiger partial charge in [-0.3, -0.25) is 9.78 Å². The van der Waals surface area contributed by atoms with E-state index in [4.69, 9.17) is 9.47 Å². The van der Waals surface area contributed by atoms with Crippen LogP contribution >= 0.6 is 0 Å². The molecule has 1 aliphatic heterocycles. The van der Waals surface area contributed by atoms with Gasteiger partial charge in [0.2, 0.25) is 12.7 Å². The lowest BCUT2D eigenvalue weighted by Crippen LogP contribution is -2.27. The number of hydrogen-bond acceptors (Lipinski definition) is 4. The molecule has 1 amide bonds. The smallest absolute Gasteiger partial charge is 0.235 e. The van der Waals surface area contributed by atoms with Crippen LogP contribution in [-0.4, -0.2) is 22.7 Å². The zero-order chi connectivity index (χ0) is 20.1. The second-order valence-electron chi connectivity index (χ2n) is 7.83. The van der Waals surface area contributed by atoms with E-state index in [1.807, 2.05) is 48.5 Å². The van der Waals surface area contributed by atoms with Crippen LogP contribution < -0.4 is 14.8 Å². The van der Waals surface area contributed by atoms with Crippen molar-refractivity contribution in [2.24, 2.45) is 0 Å². The van der Waals surface area contributed by atoms with Crippen LogP contribution in [0, 0.1) is 0 Å². The molecular formula is C24H19N3O3. The molecule has 6 heteroatoms. The summed E-state index contributed by atoms with van der Waals surface area (Å²) < 4.78 is 10.9. The lowest BCUT2D eigenvalue weighted by Gasteiger charge is -2.16. The molecular weight excluding hydrogens is 378 g/mol. The van der Waals surface area contributed by atoms with Crippen molar-refractivity contribution in [2.75, 3.05) is 12.1 Å². The first-order valence-electron chi connectivity index (χ1n) is 9.96. The van der Waals surface area contributed by atoms with Crippen LogP contribution in [0.4, 0.5) is 5.69 Å². The van der Waals surface area contributed by atoms with Gasteiger partial charge < -0.3 is 19.8 Å². The van der Waals surface area contributed by atoms with Crippen molar-refractivity contribution in [2.45, 2.75) is 18.3 Å². The maximum absolute atomic E-state index is 13.2. The number of carbonyl (C=O) groups excluding carboxylic acids is 1. The predicted molar refractivity (Wildman–Crippen MR) is 114 cm³/mol. The van der Waals surface area contributed by atoms with Crippen LogP contribution in [0.3, 0.4) is 0 Å². The van der Waals surface area contributed by atoms with E-state index in [2.05, 4.69) is 21.4 Å². The van der Waals surface area contributed by atoms with E-state index < -0.39 is 5.41 Å². The molecule has 1 aliphatic carbocycles. The van der Waals surface area contributed by atoms with E-state index in [1.54, 1.807) is 12.4 Å². The average molecular weight is 397 g/mol. The number of aromatic nitrogens is 2.